The van der Waals surface area contributed by atoms with Crippen LogP contribution in [0.5, 0.6) is 5.75 Å². The van der Waals surface area contributed by atoms with Gasteiger partial charge in [0, 0.05) is 23.7 Å². The largest absolute Gasteiger partial charge is 0.496 e. The highest BCUT2D eigenvalue weighted by molar-refractivity contribution is 5.52. The molecule has 2 atom stereocenters. The van der Waals surface area contributed by atoms with E-state index in [2.05, 4.69) is 25.2 Å². The lowest BCUT2D eigenvalue weighted by Gasteiger charge is -2.39. The first kappa shape index (κ1) is 14.8. The molecule has 0 radical (unpaired) electrons. The van der Waals surface area contributed by atoms with Crippen LogP contribution in [0.15, 0.2) is 12.1 Å². The zero-order chi connectivity index (χ0) is 14.8. The van der Waals surface area contributed by atoms with Crippen LogP contribution in [0.4, 0.5) is 0 Å². The molecule has 0 saturated carbocycles. The maximum absolute atomic E-state index is 9.12. The normalized spacial score (nSPS) is 26.1. The number of hydrogen-bond donors (Lipinski definition) is 1. The minimum absolute atomic E-state index is 0.411. The summed E-state index contributed by atoms with van der Waals surface area (Å²) in [5.74, 6) is 0.753. The van der Waals surface area contributed by atoms with Gasteiger partial charge >= 0.3 is 0 Å². The third kappa shape index (κ3) is 2.52. The van der Waals surface area contributed by atoms with Crippen molar-refractivity contribution in [2.45, 2.75) is 38.8 Å². The van der Waals surface area contributed by atoms with Crippen LogP contribution in [0.2, 0.25) is 0 Å². The second-order valence-corrected chi connectivity index (χ2v) is 5.46. The van der Waals surface area contributed by atoms with E-state index in [0.717, 1.165) is 29.8 Å². The first-order valence-electron chi connectivity index (χ1n) is 7.01. The fourth-order valence-corrected chi connectivity index (χ4v) is 2.66. The van der Waals surface area contributed by atoms with Crippen LogP contribution in [0.1, 0.15) is 37.0 Å². The van der Waals surface area contributed by atoms with E-state index in [4.69, 9.17) is 14.7 Å². The molecule has 1 fully saturated rings. The van der Waals surface area contributed by atoms with E-state index in [1.165, 1.54) is 0 Å². The van der Waals surface area contributed by atoms with Crippen molar-refractivity contribution < 1.29 is 9.47 Å². The van der Waals surface area contributed by atoms with Crippen LogP contribution in [0.25, 0.3) is 0 Å². The van der Waals surface area contributed by atoms with Crippen molar-refractivity contribution in [2.75, 3.05) is 20.3 Å². The van der Waals surface area contributed by atoms with Crippen LogP contribution in [0.3, 0.4) is 0 Å². The molecule has 0 unspecified atom stereocenters. The predicted molar refractivity (Wildman–Crippen MR) is 77.8 cm³/mol. The summed E-state index contributed by atoms with van der Waals surface area (Å²) in [7, 11) is 1.64. The molecule has 108 valence electrons. The predicted octanol–water partition coefficient (Wildman–Crippen LogP) is 2.49. The average molecular weight is 274 g/mol. The minimum Gasteiger partial charge on any atom is -0.496 e. The summed E-state index contributed by atoms with van der Waals surface area (Å²) < 4.78 is 11.6. The highest BCUT2D eigenvalue weighted by Crippen LogP contribution is 2.37. The van der Waals surface area contributed by atoms with Crippen LogP contribution in [0, 0.1) is 18.3 Å². The van der Waals surface area contributed by atoms with Crippen LogP contribution < -0.4 is 10.1 Å². The molecule has 2 rings (SSSR count). The molecule has 0 bridgehead atoms. The number of nitrogens with one attached hydrogen (secondary N) is 1. The second-order valence-electron chi connectivity index (χ2n) is 5.46. The molecule has 1 N–H and O–H groups in total. The second kappa shape index (κ2) is 5.82. The van der Waals surface area contributed by atoms with E-state index in [9.17, 15) is 0 Å². The summed E-state index contributed by atoms with van der Waals surface area (Å²) in [6, 6.07) is 6.39. The molecule has 1 aromatic rings. The highest BCUT2D eigenvalue weighted by Gasteiger charge is 2.36. The molecule has 1 aliphatic heterocycles. The van der Waals surface area contributed by atoms with Gasteiger partial charge in [0.15, 0.2) is 0 Å². The SMILES string of the molecule is CC[C@@H]1CO[C@](C)(c2ccc(C#N)c(C)c2OC)CN1. The van der Waals surface area contributed by atoms with Crippen molar-refractivity contribution >= 4 is 0 Å². The Bertz CT molecular complexity index is 526. The summed E-state index contributed by atoms with van der Waals surface area (Å²) in [5.41, 5.74) is 2.09. The molecular formula is C16H22N2O2. The van der Waals surface area contributed by atoms with E-state index in [0.29, 0.717) is 18.2 Å². The van der Waals surface area contributed by atoms with Crippen molar-refractivity contribution in [1.29, 1.82) is 5.26 Å². The van der Waals surface area contributed by atoms with Gasteiger partial charge in [0.1, 0.15) is 11.4 Å². The Kier molecular flexibility index (Phi) is 4.32. The number of nitriles is 1. The smallest absolute Gasteiger partial charge is 0.129 e. The van der Waals surface area contributed by atoms with Crippen molar-refractivity contribution in [3.05, 3.63) is 28.8 Å². The fraction of sp³-hybridized carbons (Fsp3) is 0.562. The van der Waals surface area contributed by atoms with Gasteiger partial charge in [-0.05, 0) is 26.3 Å². The van der Waals surface area contributed by atoms with Gasteiger partial charge in [0.2, 0.25) is 0 Å². The van der Waals surface area contributed by atoms with Gasteiger partial charge < -0.3 is 14.8 Å². The first-order chi connectivity index (χ1) is 9.55. The Hall–Kier alpha value is -1.57. The number of ether oxygens (including phenoxy) is 2. The lowest BCUT2D eigenvalue weighted by atomic mass is 9.89. The van der Waals surface area contributed by atoms with Gasteiger partial charge in [0.05, 0.1) is 25.3 Å². The van der Waals surface area contributed by atoms with E-state index < -0.39 is 5.60 Å². The van der Waals surface area contributed by atoms with Gasteiger partial charge in [-0.3, -0.25) is 0 Å². The summed E-state index contributed by atoms with van der Waals surface area (Å²) in [4.78, 5) is 0. The standard InChI is InChI=1S/C16H22N2O2/c1-5-13-9-20-16(3,10-18-13)14-7-6-12(8-17)11(2)15(14)19-4/h6-7,13,18H,5,9-10H2,1-4H3/t13-,16+/m1/s1. The molecule has 1 saturated heterocycles. The van der Waals surface area contributed by atoms with Crippen LogP contribution >= 0.6 is 0 Å². The first-order valence-corrected chi connectivity index (χ1v) is 7.01. The van der Waals surface area contributed by atoms with Crippen LogP contribution in [-0.2, 0) is 10.3 Å². The molecule has 1 heterocycles. The third-order valence-electron chi connectivity index (χ3n) is 4.12. The summed E-state index contributed by atoms with van der Waals surface area (Å²) in [6.45, 7) is 7.56. The van der Waals surface area contributed by atoms with Crippen molar-refractivity contribution in [3.63, 3.8) is 0 Å². The van der Waals surface area contributed by atoms with Gasteiger partial charge in [-0.1, -0.05) is 13.0 Å². The molecule has 1 aliphatic rings. The van der Waals surface area contributed by atoms with Gasteiger partial charge in [0.25, 0.3) is 0 Å². The Morgan fingerprint density at radius 1 is 1.55 bits per heavy atom. The molecule has 0 amide bonds. The number of nitrogens with zero attached hydrogens (tertiary/aromatic N) is 1. The third-order valence-corrected chi connectivity index (χ3v) is 4.12. The maximum atomic E-state index is 9.12. The molecule has 0 aromatic heterocycles. The Morgan fingerprint density at radius 2 is 2.30 bits per heavy atom. The lowest BCUT2D eigenvalue weighted by molar-refractivity contribution is -0.0771. The van der Waals surface area contributed by atoms with Gasteiger partial charge in [-0.2, -0.15) is 5.26 Å². The summed E-state index contributed by atoms with van der Waals surface area (Å²) >= 11 is 0. The Morgan fingerprint density at radius 3 is 2.80 bits per heavy atom. The zero-order valence-corrected chi connectivity index (χ0v) is 12.6. The maximum Gasteiger partial charge on any atom is 0.129 e. The summed E-state index contributed by atoms with van der Waals surface area (Å²) in [6.07, 6.45) is 1.06. The molecule has 4 nitrogen and oxygen atoms in total. The lowest BCUT2D eigenvalue weighted by Crippen LogP contribution is -2.51. The Balaban J connectivity index is 2.38. The number of morpholine rings is 1. The average Bonchev–Trinajstić information content (AvgIpc) is 2.47. The number of methoxy groups -OCH3 is 1. The molecule has 0 spiro atoms. The van der Waals surface area contributed by atoms with Crippen molar-refractivity contribution in [3.8, 4) is 11.8 Å². The topological polar surface area (TPSA) is 54.3 Å². The van der Waals surface area contributed by atoms with Gasteiger partial charge in [-0.25, -0.2) is 0 Å². The molecule has 0 aliphatic carbocycles. The summed E-state index contributed by atoms with van der Waals surface area (Å²) in [5, 5.41) is 12.6. The van der Waals surface area contributed by atoms with Gasteiger partial charge in [-0.15, -0.1) is 0 Å². The zero-order valence-electron chi connectivity index (χ0n) is 12.6. The quantitative estimate of drug-likeness (QED) is 0.920. The van der Waals surface area contributed by atoms with Crippen molar-refractivity contribution in [2.24, 2.45) is 0 Å². The van der Waals surface area contributed by atoms with E-state index >= 15 is 0 Å². The number of rotatable bonds is 3. The van der Waals surface area contributed by atoms with E-state index in [1.807, 2.05) is 19.1 Å². The molecule has 1 aromatic carbocycles. The number of benzene rings is 1. The molecule has 20 heavy (non-hydrogen) atoms. The fourth-order valence-electron chi connectivity index (χ4n) is 2.66. The number of hydrogen-bond acceptors (Lipinski definition) is 4. The molecular weight excluding hydrogens is 252 g/mol. The molecule has 4 heteroatoms. The van der Waals surface area contributed by atoms with E-state index in [-0.39, 0.29) is 0 Å². The highest BCUT2D eigenvalue weighted by atomic mass is 16.5. The van der Waals surface area contributed by atoms with Crippen LogP contribution in [-0.4, -0.2) is 26.3 Å². The van der Waals surface area contributed by atoms with Crippen molar-refractivity contribution in [1.82, 2.24) is 5.32 Å². The Labute approximate surface area is 120 Å². The minimum atomic E-state index is -0.421. The monoisotopic (exact) mass is 274 g/mol. The van der Waals surface area contributed by atoms with E-state index in [1.54, 1.807) is 7.11 Å².